The van der Waals surface area contributed by atoms with Crippen LogP contribution in [-0.4, -0.2) is 23.9 Å². The van der Waals surface area contributed by atoms with Crippen LogP contribution in [0.25, 0.3) is 28.4 Å². The highest BCUT2D eigenvalue weighted by Crippen LogP contribution is 2.28. The van der Waals surface area contributed by atoms with Crippen molar-refractivity contribution in [1.82, 2.24) is 14.3 Å². The van der Waals surface area contributed by atoms with Crippen molar-refractivity contribution in [3.63, 3.8) is 0 Å². The lowest BCUT2D eigenvalue weighted by molar-refractivity contribution is 0.0982. The minimum absolute atomic E-state index is 0.199. The molecule has 1 amide bonds. The number of furan rings is 1. The fraction of sp³-hybridized carbons (Fsp3) is 0.0714. The van der Waals surface area contributed by atoms with E-state index in [1.54, 1.807) is 48.7 Å². The molecule has 9 heteroatoms. The number of aromatic nitrogens is 2. The molecule has 0 unspecified atom stereocenters. The molecule has 0 aliphatic rings. The van der Waals surface area contributed by atoms with Crippen molar-refractivity contribution < 1.29 is 17.6 Å². The number of benzene rings is 3. The van der Waals surface area contributed by atoms with E-state index in [9.17, 15) is 13.2 Å². The number of aryl methyl sites for hydroxylation is 1. The monoisotopic (exact) mass is 531 g/mol. The summed E-state index contributed by atoms with van der Waals surface area (Å²) in [5.41, 5.74) is 4.01. The minimum atomic E-state index is -3.99. The predicted octanol–water partition coefficient (Wildman–Crippen LogP) is 6.04. The van der Waals surface area contributed by atoms with Crippen molar-refractivity contribution in [2.45, 2.75) is 13.5 Å². The maximum atomic E-state index is 12.8. The van der Waals surface area contributed by atoms with Gasteiger partial charge in [-0.1, -0.05) is 54.1 Å². The van der Waals surface area contributed by atoms with Gasteiger partial charge in [-0.25, -0.2) is 18.1 Å². The molecule has 0 atom stereocenters. The Bertz CT molecular complexity index is 1720. The molecular weight excluding hydrogens is 510 g/mol. The van der Waals surface area contributed by atoms with Gasteiger partial charge in [0.2, 0.25) is 0 Å². The number of nitrogens with zero attached hydrogens (tertiary/aromatic N) is 2. The molecule has 2 heterocycles. The van der Waals surface area contributed by atoms with Gasteiger partial charge < -0.3 is 8.98 Å². The third-order valence-corrected chi connectivity index (χ3v) is 7.18. The highest BCUT2D eigenvalue weighted by molar-refractivity contribution is 7.93. The summed E-state index contributed by atoms with van der Waals surface area (Å²) in [6.45, 7) is 2.28. The van der Waals surface area contributed by atoms with Gasteiger partial charge in [0.25, 0.3) is 15.9 Å². The summed E-state index contributed by atoms with van der Waals surface area (Å²) in [6, 6.07) is 23.2. The van der Waals surface area contributed by atoms with Crippen LogP contribution in [0.5, 0.6) is 0 Å². The smallest absolute Gasteiger partial charge is 0.265 e. The Hall–Kier alpha value is -4.14. The Labute approximate surface area is 219 Å². The second kappa shape index (κ2) is 10.1. The van der Waals surface area contributed by atoms with Gasteiger partial charge >= 0.3 is 0 Å². The first-order valence-corrected chi connectivity index (χ1v) is 13.3. The Morgan fingerprint density at radius 1 is 1.05 bits per heavy atom. The number of sulfonamides is 1. The van der Waals surface area contributed by atoms with Crippen LogP contribution < -0.4 is 4.72 Å². The average Bonchev–Trinajstić information content (AvgIpc) is 3.52. The van der Waals surface area contributed by atoms with Crippen LogP contribution in [0.1, 0.15) is 27.3 Å². The van der Waals surface area contributed by atoms with Crippen LogP contribution in [-0.2, 0) is 16.6 Å². The lowest BCUT2D eigenvalue weighted by Crippen LogP contribution is -2.28. The van der Waals surface area contributed by atoms with E-state index in [0.717, 1.165) is 28.1 Å². The standard InChI is InChI=1S/C28H22ClN3O4S/c1-19-30-25-12-11-22(28(33)31-37(34,35)15-13-20-6-3-2-4-7-20)17-26(25)32(19)18-23-10-9-21(16-24(23)29)27-8-5-14-36-27/h2-17H,18H2,1H3,(H,31,33)/b15-13+. The number of nitrogens with one attached hydrogen (secondary N) is 1. The van der Waals surface area contributed by atoms with Gasteiger partial charge in [0.1, 0.15) is 11.6 Å². The fourth-order valence-electron chi connectivity index (χ4n) is 3.98. The molecule has 0 aliphatic heterocycles. The molecule has 3 aromatic carbocycles. The molecule has 7 nitrogen and oxygen atoms in total. The molecule has 0 aliphatic carbocycles. The normalized spacial score (nSPS) is 11.8. The zero-order valence-electron chi connectivity index (χ0n) is 19.8. The molecule has 0 spiro atoms. The lowest BCUT2D eigenvalue weighted by atomic mass is 10.1. The van der Waals surface area contributed by atoms with Gasteiger partial charge in [-0.2, -0.15) is 0 Å². The summed E-state index contributed by atoms with van der Waals surface area (Å²) in [6.07, 6.45) is 3.04. The first-order chi connectivity index (χ1) is 17.8. The molecule has 5 rings (SSSR count). The second-order valence-electron chi connectivity index (χ2n) is 8.42. The van der Waals surface area contributed by atoms with E-state index in [2.05, 4.69) is 9.71 Å². The van der Waals surface area contributed by atoms with Crippen molar-refractivity contribution in [2.24, 2.45) is 0 Å². The second-order valence-corrected chi connectivity index (χ2v) is 10.4. The summed E-state index contributed by atoms with van der Waals surface area (Å²) in [4.78, 5) is 17.4. The van der Waals surface area contributed by atoms with E-state index in [0.29, 0.717) is 28.2 Å². The van der Waals surface area contributed by atoms with Crippen molar-refractivity contribution in [3.8, 4) is 11.3 Å². The summed E-state index contributed by atoms with van der Waals surface area (Å²) in [5, 5.41) is 1.54. The van der Waals surface area contributed by atoms with E-state index in [1.165, 1.54) is 6.08 Å². The third kappa shape index (κ3) is 5.50. The largest absolute Gasteiger partial charge is 0.464 e. The molecule has 186 valence electrons. The van der Waals surface area contributed by atoms with E-state index in [4.69, 9.17) is 16.0 Å². The number of hydrogen-bond acceptors (Lipinski definition) is 5. The maximum absolute atomic E-state index is 12.8. The summed E-state index contributed by atoms with van der Waals surface area (Å²) >= 11 is 6.58. The predicted molar refractivity (Wildman–Crippen MR) is 145 cm³/mol. The molecule has 0 fully saturated rings. The molecule has 5 aromatic rings. The number of halogens is 1. The number of amides is 1. The molecule has 1 N–H and O–H groups in total. The van der Waals surface area contributed by atoms with Crippen molar-refractivity contribution in [3.05, 3.63) is 118 Å². The highest BCUT2D eigenvalue weighted by atomic mass is 35.5. The van der Waals surface area contributed by atoms with E-state index in [1.807, 2.05) is 47.9 Å². The fourth-order valence-corrected chi connectivity index (χ4v) is 5.00. The van der Waals surface area contributed by atoms with Gasteiger partial charge in [-0.05, 0) is 60.5 Å². The number of fused-ring (bicyclic) bond motifs is 1. The molecule has 0 saturated carbocycles. The molecular formula is C28H22ClN3O4S. The van der Waals surface area contributed by atoms with Crippen molar-refractivity contribution >= 4 is 44.6 Å². The topological polar surface area (TPSA) is 94.2 Å². The van der Waals surface area contributed by atoms with Crippen molar-refractivity contribution in [1.29, 1.82) is 0 Å². The van der Waals surface area contributed by atoms with Crippen LogP contribution in [0.3, 0.4) is 0 Å². The Morgan fingerprint density at radius 3 is 2.59 bits per heavy atom. The first kappa shape index (κ1) is 24.5. The highest BCUT2D eigenvalue weighted by Gasteiger charge is 2.17. The summed E-state index contributed by atoms with van der Waals surface area (Å²) < 4.78 is 34.4. The first-order valence-electron chi connectivity index (χ1n) is 11.4. The van der Waals surface area contributed by atoms with E-state index >= 15 is 0 Å². The quantitative estimate of drug-likeness (QED) is 0.276. The van der Waals surface area contributed by atoms with Crippen LogP contribution in [0.15, 0.2) is 95.0 Å². The van der Waals surface area contributed by atoms with Crippen LogP contribution in [0.4, 0.5) is 0 Å². The summed E-state index contributed by atoms with van der Waals surface area (Å²) in [7, 11) is -3.99. The number of imidazole rings is 1. The summed E-state index contributed by atoms with van der Waals surface area (Å²) in [5.74, 6) is 0.727. The molecule has 0 saturated heterocycles. The SMILES string of the molecule is Cc1nc2ccc(C(=O)NS(=O)(=O)/C=C/c3ccccc3)cc2n1Cc1ccc(-c2ccco2)cc1Cl. The minimum Gasteiger partial charge on any atom is -0.464 e. The van der Waals surface area contributed by atoms with Crippen LogP contribution in [0.2, 0.25) is 5.02 Å². The van der Waals surface area contributed by atoms with E-state index < -0.39 is 15.9 Å². The van der Waals surface area contributed by atoms with Gasteiger partial charge in [-0.15, -0.1) is 0 Å². The molecule has 2 aromatic heterocycles. The Kier molecular flexibility index (Phi) is 6.69. The lowest BCUT2D eigenvalue weighted by Gasteiger charge is -2.11. The molecule has 37 heavy (non-hydrogen) atoms. The number of carbonyl (C=O) groups excluding carboxylic acids is 1. The molecule has 0 bridgehead atoms. The Balaban J connectivity index is 1.39. The van der Waals surface area contributed by atoms with Gasteiger partial charge in [0.05, 0.1) is 29.2 Å². The average molecular weight is 532 g/mol. The third-order valence-electron chi connectivity index (χ3n) is 5.86. The zero-order chi connectivity index (χ0) is 26.0. The van der Waals surface area contributed by atoms with E-state index in [-0.39, 0.29) is 5.56 Å². The van der Waals surface area contributed by atoms with Crippen molar-refractivity contribution in [2.75, 3.05) is 0 Å². The number of hydrogen-bond donors (Lipinski definition) is 1. The van der Waals surface area contributed by atoms with Crippen LogP contribution >= 0.6 is 11.6 Å². The maximum Gasteiger partial charge on any atom is 0.265 e. The number of rotatable bonds is 7. The Morgan fingerprint density at radius 2 is 1.86 bits per heavy atom. The zero-order valence-corrected chi connectivity index (χ0v) is 21.3. The van der Waals surface area contributed by atoms with Gasteiger partial charge in [0.15, 0.2) is 0 Å². The molecule has 0 radical (unpaired) electrons. The van der Waals surface area contributed by atoms with Gasteiger partial charge in [-0.3, -0.25) is 4.79 Å². The number of carbonyl (C=O) groups is 1. The van der Waals surface area contributed by atoms with Crippen LogP contribution in [0, 0.1) is 6.92 Å². The van der Waals surface area contributed by atoms with Gasteiger partial charge in [0, 0.05) is 16.1 Å².